The van der Waals surface area contributed by atoms with Crippen molar-refractivity contribution >= 4 is 5.78 Å². The Kier molecular flexibility index (Phi) is 4.14. The molecule has 0 aromatic rings. The van der Waals surface area contributed by atoms with Crippen molar-refractivity contribution < 1.29 is 36.9 Å². The van der Waals surface area contributed by atoms with Gasteiger partial charge in [-0.25, -0.2) is 0 Å². The van der Waals surface area contributed by atoms with Gasteiger partial charge in [0.15, 0.2) is 6.61 Å². The van der Waals surface area contributed by atoms with Crippen LogP contribution in [-0.2, 0) is 14.8 Å². The Morgan fingerprint density at radius 2 is 1.86 bits per heavy atom. The molecule has 82 valence electrons. The molecule has 0 unspecified atom stereocenters. The Morgan fingerprint density at radius 1 is 1.36 bits per heavy atom. The standard InChI is InChI=1S/C6H5F5O3/c1-2-4(12)6(9,10)5(7,8)3-13-14-11/h2H,1,3H2. The highest BCUT2D eigenvalue weighted by molar-refractivity contribution is 5.96. The Hall–Kier alpha value is -1.02. The molecule has 14 heavy (non-hydrogen) atoms. The zero-order valence-electron chi connectivity index (χ0n) is 6.61. The predicted octanol–water partition coefficient (Wildman–Crippen LogP) is 1.84. The number of alkyl halides is 4. The third-order valence-corrected chi connectivity index (χ3v) is 1.24. The summed E-state index contributed by atoms with van der Waals surface area (Å²) in [6.07, 6.45) is 0.0320. The highest BCUT2D eigenvalue weighted by Gasteiger charge is 2.61. The van der Waals surface area contributed by atoms with Gasteiger partial charge < -0.3 is 0 Å². The van der Waals surface area contributed by atoms with Gasteiger partial charge in [-0.1, -0.05) is 6.58 Å². The van der Waals surface area contributed by atoms with E-state index in [0.717, 1.165) is 0 Å². The van der Waals surface area contributed by atoms with Gasteiger partial charge in [-0.2, -0.15) is 22.4 Å². The van der Waals surface area contributed by atoms with Crippen LogP contribution in [0.15, 0.2) is 12.7 Å². The van der Waals surface area contributed by atoms with Crippen molar-refractivity contribution in [2.24, 2.45) is 0 Å². The van der Waals surface area contributed by atoms with Gasteiger partial charge in [0.2, 0.25) is 5.78 Å². The van der Waals surface area contributed by atoms with Gasteiger partial charge in [-0.15, -0.1) is 0 Å². The average molecular weight is 220 g/mol. The molecule has 0 aromatic heterocycles. The summed E-state index contributed by atoms with van der Waals surface area (Å²) in [6.45, 7) is 0.524. The highest BCUT2D eigenvalue weighted by Crippen LogP contribution is 2.35. The largest absolute Gasteiger partial charge is 0.373 e. The predicted molar refractivity (Wildman–Crippen MR) is 33.2 cm³/mol. The SMILES string of the molecule is C=CC(=O)C(F)(F)C(F)(F)COOF. The van der Waals surface area contributed by atoms with Gasteiger partial charge in [0.1, 0.15) is 0 Å². The van der Waals surface area contributed by atoms with Crippen LogP contribution in [0.4, 0.5) is 22.1 Å². The highest BCUT2D eigenvalue weighted by atomic mass is 19.3. The molecule has 0 atom stereocenters. The number of halogens is 5. The van der Waals surface area contributed by atoms with E-state index in [4.69, 9.17) is 0 Å². The molecule has 0 amide bonds. The van der Waals surface area contributed by atoms with Crippen LogP contribution >= 0.6 is 0 Å². The van der Waals surface area contributed by atoms with Crippen LogP contribution < -0.4 is 0 Å². The summed E-state index contributed by atoms with van der Waals surface area (Å²) in [4.78, 5) is 13.3. The van der Waals surface area contributed by atoms with Gasteiger partial charge >= 0.3 is 11.8 Å². The monoisotopic (exact) mass is 220 g/mol. The molecule has 0 heterocycles. The molecule has 3 nitrogen and oxygen atoms in total. The number of allylic oxidation sites excluding steroid dienone is 1. The van der Waals surface area contributed by atoms with Crippen LogP contribution in [0.25, 0.3) is 0 Å². The molecule has 0 saturated carbocycles. The molecule has 0 rings (SSSR count). The van der Waals surface area contributed by atoms with Crippen molar-refractivity contribution in [1.82, 2.24) is 0 Å². The second-order valence-electron chi connectivity index (χ2n) is 2.17. The lowest BCUT2D eigenvalue weighted by Crippen LogP contribution is -2.49. The normalized spacial score (nSPS) is 12.6. The lowest BCUT2D eigenvalue weighted by Gasteiger charge is -2.22. The summed E-state index contributed by atoms with van der Waals surface area (Å²) in [5.41, 5.74) is 0. The van der Waals surface area contributed by atoms with Crippen LogP contribution in [0.1, 0.15) is 0 Å². The Balaban J connectivity index is 4.67. The molecule has 0 N–H and O–H groups in total. The minimum Gasteiger partial charge on any atom is -0.288 e. The third kappa shape index (κ3) is 2.48. The van der Waals surface area contributed by atoms with E-state index in [1.54, 1.807) is 0 Å². The molecule has 0 fully saturated rings. The third-order valence-electron chi connectivity index (χ3n) is 1.24. The zero-order valence-corrected chi connectivity index (χ0v) is 6.61. The summed E-state index contributed by atoms with van der Waals surface area (Å²) < 4.78 is 60.6. The molecule has 0 aliphatic heterocycles. The molecule has 0 aromatic carbocycles. The molecule has 0 saturated heterocycles. The van der Waals surface area contributed by atoms with Crippen LogP contribution in [0.5, 0.6) is 0 Å². The van der Waals surface area contributed by atoms with Gasteiger partial charge in [0.25, 0.3) is 0 Å². The van der Waals surface area contributed by atoms with Gasteiger partial charge in [-0.3, -0.25) is 4.79 Å². The first kappa shape index (κ1) is 13.0. The molecule has 8 heteroatoms. The van der Waals surface area contributed by atoms with E-state index < -0.39 is 24.2 Å². The van der Waals surface area contributed by atoms with E-state index in [2.05, 4.69) is 16.6 Å². The van der Waals surface area contributed by atoms with Crippen molar-refractivity contribution in [3.63, 3.8) is 0 Å². The molecule has 0 aliphatic carbocycles. The lowest BCUT2D eigenvalue weighted by molar-refractivity contribution is -0.448. The van der Waals surface area contributed by atoms with Gasteiger partial charge in [-0.05, 0) is 15.7 Å². The molecular weight excluding hydrogens is 215 g/mol. The number of hydrogen-bond acceptors (Lipinski definition) is 3. The second-order valence-corrected chi connectivity index (χ2v) is 2.17. The average Bonchev–Trinajstić information content (AvgIpc) is 2.13. The van der Waals surface area contributed by atoms with E-state index in [9.17, 15) is 26.9 Å². The molecule has 0 spiro atoms. The first-order valence-corrected chi connectivity index (χ1v) is 3.12. The van der Waals surface area contributed by atoms with Crippen molar-refractivity contribution in [2.45, 2.75) is 11.8 Å². The van der Waals surface area contributed by atoms with E-state index in [1.807, 2.05) is 0 Å². The molecule has 0 bridgehead atoms. The summed E-state index contributed by atoms with van der Waals surface area (Å²) in [6, 6.07) is 0. The number of carbonyl (C=O) groups excluding carboxylic acids is 1. The topological polar surface area (TPSA) is 35.5 Å². The second kappa shape index (κ2) is 4.47. The van der Waals surface area contributed by atoms with Crippen LogP contribution in [-0.4, -0.2) is 24.2 Å². The van der Waals surface area contributed by atoms with E-state index >= 15 is 0 Å². The summed E-state index contributed by atoms with van der Waals surface area (Å²) >= 11 is 0. The summed E-state index contributed by atoms with van der Waals surface area (Å²) in [5.74, 6) is -12.1. The maximum absolute atomic E-state index is 12.5. The van der Waals surface area contributed by atoms with Gasteiger partial charge in [0.05, 0.1) is 0 Å². The van der Waals surface area contributed by atoms with E-state index in [-0.39, 0.29) is 6.08 Å². The van der Waals surface area contributed by atoms with E-state index in [1.165, 1.54) is 0 Å². The smallest absolute Gasteiger partial charge is 0.288 e. The lowest BCUT2D eigenvalue weighted by atomic mass is 10.1. The van der Waals surface area contributed by atoms with Crippen molar-refractivity contribution in [3.8, 4) is 0 Å². The summed E-state index contributed by atoms with van der Waals surface area (Å²) in [5, 5.41) is 2.24. The summed E-state index contributed by atoms with van der Waals surface area (Å²) in [7, 11) is 0. The molecule has 0 radical (unpaired) electrons. The minimum absolute atomic E-state index is 0.0320. The van der Waals surface area contributed by atoms with E-state index in [0.29, 0.717) is 0 Å². The maximum atomic E-state index is 12.5. The van der Waals surface area contributed by atoms with Crippen molar-refractivity contribution in [3.05, 3.63) is 12.7 Å². The number of hydrogen-bond donors (Lipinski definition) is 0. The van der Waals surface area contributed by atoms with Crippen LogP contribution in [0.2, 0.25) is 0 Å². The quantitative estimate of drug-likeness (QED) is 0.296. The fourth-order valence-electron chi connectivity index (χ4n) is 0.495. The van der Waals surface area contributed by atoms with Crippen molar-refractivity contribution in [2.75, 3.05) is 6.61 Å². The Bertz CT molecular complexity index is 228. The first-order chi connectivity index (χ1) is 6.29. The molecular formula is C6H5F5O3. The Labute approximate surface area is 74.9 Å². The molecule has 0 aliphatic rings. The fourth-order valence-corrected chi connectivity index (χ4v) is 0.495. The van der Waals surface area contributed by atoms with Crippen LogP contribution in [0.3, 0.4) is 0 Å². The van der Waals surface area contributed by atoms with Crippen molar-refractivity contribution in [1.29, 1.82) is 0 Å². The van der Waals surface area contributed by atoms with Crippen LogP contribution in [0, 0.1) is 0 Å². The van der Waals surface area contributed by atoms with Gasteiger partial charge in [0, 0.05) is 0 Å². The Morgan fingerprint density at radius 3 is 2.21 bits per heavy atom. The maximum Gasteiger partial charge on any atom is 0.373 e. The number of ketones is 1. The fraction of sp³-hybridized carbons (Fsp3) is 0.500. The number of carbonyl (C=O) groups is 1. The number of rotatable bonds is 6. The minimum atomic E-state index is -5.01. The first-order valence-electron chi connectivity index (χ1n) is 3.12. The zero-order chi connectivity index (χ0) is 11.4.